The van der Waals surface area contributed by atoms with Crippen molar-refractivity contribution in [2.24, 2.45) is 5.92 Å². The van der Waals surface area contributed by atoms with Crippen LogP contribution in [0.4, 0.5) is 0 Å². The van der Waals surface area contributed by atoms with E-state index in [0.717, 1.165) is 19.3 Å². The van der Waals surface area contributed by atoms with Gasteiger partial charge in [0.05, 0.1) is 19.8 Å². The number of esters is 1. The first-order valence-corrected chi connectivity index (χ1v) is 8.23. The monoisotopic (exact) mass is 335 g/mol. The lowest BCUT2D eigenvalue weighted by molar-refractivity contribution is -0.125. The molecule has 0 unspecified atom stereocenters. The zero-order valence-electron chi connectivity index (χ0n) is 14.5. The maximum Gasteiger partial charge on any atom is 0.338 e. The highest BCUT2D eigenvalue weighted by molar-refractivity contribution is 5.92. The molecule has 24 heavy (non-hydrogen) atoms. The van der Waals surface area contributed by atoms with E-state index in [4.69, 9.17) is 14.2 Å². The van der Waals surface area contributed by atoms with Crippen molar-refractivity contribution >= 4 is 11.9 Å². The minimum Gasteiger partial charge on any atom is -0.497 e. The number of benzene rings is 1. The van der Waals surface area contributed by atoms with E-state index >= 15 is 0 Å². The molecule has 0 heterocycles. The number of rotatable bonds is 6. The van der Waals surface area contributed by atoms with Crippen molar-refractivity contribution in [3.05, 3.63) is 23.8 Å². The summed E-state index contributed by atoms with van der Waals surface area (Å²) in [7, 11) is 3.01. The molecule has 1 aliphatic rings. The number of hydrogen-bond donors (Lipinski definition) is 1. The first kappa shape index (κ1) is 18.1. The van der Waals surface area contributed by atoms with E-state index in [1.165, 1.54) is 20.6 Å². The number of carbonyl (C=O) groups excluding carboxylic acids is 2. The van der Waals surface area contributed by atoms with Crippen molar-refractivity contribution < 1.29 is 23.8 Å². The molecule has 0 radical (unpaired) electrons. The van der Waals surface area contributed by atoms with E-state index in [-0.39, 0.29) is 24.1 Å². The SMILES string of the molecule is COc1cc(OC)cc(C(=O)OCC(=O)N[C@H]2CCCC[C@@H]2C)c1. The Kier molecular flexibility index (Phi) is 6.46. The number of ether oxygens (including phenoxy) is 3. The maximum absolute atomic E-state index is 12.1. The predicted octanol–water partition coefficient (Wildman–Crippen LogP) is 2.56. The van der Waals surface area contributed by atoms with Gasteiger partial charge in [0.1, 0.15) is 11.5 Å². The summed E-state index contributed by atoms with van der Waals surface area (Å²) in [4.78, 5) is 24.1. The molecule has 1 fully saturated rings. The fourth-order valence-corrected chi connectivity index (χ4v) is 2.92. The average molecular weight is 335 g/mol. The molecule has 1 amide bonds. The first-order valence-electron chi connectivity index (χ1n) is 8.23. The fourth-order valence-electron chi connectivity index (χ4n) is 2.92. The van der Waals surface area contributed by atoms with E-state index in [2.05, 4.69) is 12.2 Å². The van der Waals surface area contributed by atoms with E-state index in [9.17, 15) is 9.59 Å². The van der Waals surface area contributed by atoms with Crippen molar-refractivity contribution in [2.45, 2.75) is 38.6 Å². The van der Waals surface area contributed by atoms with Crippen LogP contribution in [0.3, 0.4) is 0 Å². The summed E-state index contributed by atoms with van der Waals surface area (Å²) in [5, 5.41) is 2.96. The fraction of sp³-hybridized carbons (Fsp3) is 0.556. The lowest BCUT2D eigenvalue weighted by Crippen LogP contribution is -2.42. The van der Waals surface area contributed by atoms with Gasteiger partial charge in [0.2, 0.25) is 0 Å². The summed E-state index contributed by atoms with van der Waals surface area (Å²) in [5.74, 6) is 0.584. The smallest absolute Gasteiger partial charge is 0.338 e. The van der Waals surface area contributed by atoms with Gasteiger partial charge in [-0.3, -0.25) is 4.79 Å². The summed E-state index contributed by atoms with van der Waals surface area (Å²) < 4.78 is 15.3. The van der Waals surface area contributed by atoms with E-state index in [1.807, 2.05) is 0 Å². The Labute approximate surface area is 142 Å². The molecule has 6 heteroatoms. The van der Waals surface area contributed by atoms with Crippen LogP contribution in [0.25, 0.3) is 0 Å². The van der Waals surface area contributed by atoms with Crippen LogP contribution in [0.15, 0.2) is 18.2 Å². The van der Waals surface area contributed by atoms with Crippen LogP contribution in [0.2, 0.25) is 0 Å². The highest BCUT2D eigenvalue weighted by Crippen LogP contribution is 2.24. The molecule has 0 aliphatic heterocycles. The Balaban J connectivity index is 1.89. The minimum absolute atomic E-state index is 0.168. The molecule has 2 atom stereocenters. The lowest BCUT2D eigenvalue weighted by atomic mass is 9.86. The topological polar surface area (TPSA) is 73.9 Å². The average Bonchev–Trinajstić information content (AvgIpc) is 2.61. The second-order valence-electron chi connectivity index (χ2n) is 6.11. The van der Waals surface area contributed by atoms with Gasteiger partial charge in [0, 0.05) is 12.1 Å². The van der Waals surface area contributed by atoms with Crippen LogP contribution >= 0.6 is 0 Å². The van der Waals surface area contributed by atoms with E-state index < -0.39 is 5.97 Å². The van der Waals surface area contributed by atoms with Gasteiger partial charge in [-0.25, -0.2) is 4.79 Å². The zero-order valence-corrected chi connectivity index (χ0v) is 14.5. The van der Waals surface area contributed by atoms with E-state index in [1.54, 1.807) is 18.2 Å². The normalized spacial score (nSPS) is 20.1. The standard InChI is InChI=1S/C18H25NO5/c1-12-6-4-5-7-16(12)19-17(20)11-24-18(21)13-8-14(22-2)10-15(9-13)23-3/h8-10,12,16H,4-7,11H2,1-3H3,(H,19,20)/t12-,16-/m0/s1. The lowest BCUT2D eigenvalue weighted by Gasteiger charge is -2.29. The van der Waals surface area contributed by atoms with Crippen LogP contribution in [0.1, 0.15) is 43.0 Å². The number of nitrogens with one attached hydrogen (secondary N) is 1. The molecule has 6 nitrogen and oxygen atoms in total. The molecule has 0 saturated heterocycles. The predicted molar refractivity (Wildman–Crippen MR) is 89.4 cm³/mol. The molecular weight excluding hydrogens is 310 g/mol. The number of methoxy groups -OCH3 is 2. The molecule has 0 spiro atoms. The van der Waals surface area contributed by atoms with Gasteiger partial charge < -0.3 is 19.5 Å². The van der Waals surface area contributed by atoms with Gasteiger partial charge in [-0.05, 0) is 30.9 Å². The third kappa shape index (κ3) is 4.88. The van der Waals surface area contributed by atoms with Gasteiger partial charge in [-0.2, -0.15) is 0 Å². The molecule has 1 aromatic rings. The summed E-state index contributed by atoms with van der Waals surface area (Å²) in [5.41, 5.74) is 0.282. The van der Waals surface area contributed by atoms with Crippen LogP contribution in [0, 0.1) is 5.92 Å². The maximum atomic E-state index is 12.1. The number of amides is 1. The Morgan fingerprint density at radius 2 is 1.71 bits per heavy atom. The Hall–Kier alpha value is -2.24. The van der Waals surface area contributed by atoms with Crippen LogP contribution < -0.4 is 14.8 Å². The largest absolute Gasteiger partial charge is 0.497 e. The minimum atomic E-state index is -0.584. The van der Waals surface area contributed by atoms with Gasteiger partial charge in [0.25, 0.3) is 5.91 Å². The molecule has 1 aromatic carbocycles. The molecule has 0 bridgehead atoms. The number of carbonyl (C=O) groups is 2. The second kappa shape index (κ2) is 8.57. The molecule has 2 rings (SSSR count). The molecule has 1 saturated carbocycles. The van der Waals surface area contributed by atoms with Crippen LogP contribution in [-0.2, 0) is 9.53 Å². The zero-order chi connectivity index (χ0) is 17.5. The van der Waals surface area contributed by atoms with Crippen LogP contribution in [-0.4, -0.2) is 38.7 Å². The second-order valence-corrected chi connectivity index (χ2v) is 6.11. The Bertz CT molecular complexity index is 565. The van der Waals surface area contributed by atoms with Crippen molar-refractivity contribution in [3.63, 3.8) is 0 Å². The summed E-state index contributed by atoms with van der Waals surface area (Å²) in [6, 6.07) is 4.92. The molecule has 1 aliphatic carbocycles. The number of hydrogen-bond acceptors (Lipinski definition) is 5. The highest BCUT2D eigenvalue weighted by Gasteiger charge is 2.23. The van der Waals surface area contributed by atoms with Crippen molar-refractivity contribution in [1.29, 1.82) is 0 Å². The summed E-state index contributed by atoms with van der Waals surface area (Å²) >= 11 is 0. The molecule has 132 valence electrons. The molecule has 1 N–H and O–H groups in total. The Morgan fingerprint density at radius 3 is 2.29 bits per heavy atom. The van der Waals surface area contributed by atoms with Crippen molar-refractivity contribution in [3.8, 4) is 11.5 Å². The van der Waals surface area contributed by atoms with E-state index in [0.29, 0.717) is 17.4 Å². The Morgan fingerprint density at radius 1 is 1.08 bits per heavy atom. The van der Waals surface area contributed by atoms with Gasteiger partial charge >= 0.3 is 5.97 Å². The van der Waals surface area contributed by atoms with Gasteiger partial charge in [0.15, 0.2) is 6.61 Å². The summed E-state index contributed by atoms with van der Waals surface area (Å²) in [6.45, 7) is 1.85. The highest BCUT2D eigenvalue weighted by atomic mass is 16.5. The van der Waals surface area contributed by atoms with Crippen LogP contribution in [0.5, 0.6) is 11.5 Å². The third-order valence-electron chi connectivity index (χ3n) is 4.38. The van der Waals surface area contributed by atoms with Gasteiger partial charge in [-0.15, -0.1) is 0 Å². The summed E-state index contributed by atoms with van der Waals surface area (Å²) in [6.07, 6.45) is 4.43. The first-order chi connectivity index (χ1) is 11.5. The van der Waals surface area contributed by atoms with Crippen molar-refractivity contribution in [2.75, 3.05) is 20.8 Å². The molecular formula is C18H25NO5. The quantitative estimate of drug-likeness (QED) is 0.809. The van der Waals surface area contributed by atoms with Gasteiger partial charge in [-0.1, -0.05) is 19.8 Å². The third-order valence-corrected chi connectivity index (χ3v) is 4.38. The molecule has 0 aromatic heterocycles. The van der Waals surface area contributed by atoms with Crippen molar-refractivity contribution in [1.82, 2.24) is 5.32 Å².